The van der Waals surface area contributed by atoms with Crippen LogP contribution >= 0.6 is 34.3 Å². The minimum atomic E-state index is 0.640. The molecule has 0 saturated heterocycles. The van der Waals surface area contributed by atoms with Gasteiger partial charge in [0.1, 0.15) is 15.8 Å². The van der Waals surface area contributed by atoms with Gasteiger partial charge in [0.05, 0.1) is 5.39 Å². The first kappa shape index (κ1) is 12.7. The zero-order valence-electron chi connectivity index (χ0n) is 10.9. The van der Waals surface area contributed by atoms with Crippen molar-refractivity contribution >= 4 is 44.5 Å². The Morgan fingerprint density at radius 3 is 2.95 bits per heavy atom. The number of hydrogen-bond donors (Lipinski definition) is 0. The van der Waals surface area contributed by atoms with Gasteiger partial charge >= 0.3 is 0 Å². The lowest BCUT2D eigenvalue weighted by atomic mass is 9.97. The minimum absolute atomic E-state index is 0.640. The minimum Gasteiger partial charge on any atom is -0.222 e. The van der Waals surface area contributed by atoms with E-state index in [0.29, 0.717) is 5.15 Å². The quantitative estimate of drug-likeness (QED) is 0.629. The van der Waals surface area contributed by atoms with Gasteiger partial charge in [-0.05, 0) is 42.7 Å². The Balaban J connectivity index is 1.82. The zero-order chi connectivity index (χ0) is 13.5. The molecule has 0 fully saturated rings. The van der Waals surface area contributed by atoms with Gasteiger partial charge < -0.3 is 0 Å². The van der Waals surface area contributed by atoms with Crippen molar-refractivity contribution in [3.05, 3.63) is 43.8 Å². The van der Waals surface area contributed by atoms with Crippen LogP contribution in [0.4, 0.5) is 0 Å². The molecule has 1 aliphatic carbocycles. The molecule has 0 saturated carbocycles. The van der Waals surface area contributed by atoms with Gasteiger partial charge in [0.2, 0.25) is 0 Å². The largest absolute Gasteiger partial charge is 0.222 e. The lowest BCUT2D eigenvalue weighted by Crippen LogP contribution is -1.99. The molecule has 3 aromatic rings. The van der Waals surface area contributed by atoms with Gasteiger partial charge in [-0.3, -0.25) is 0 Å². The van der Waals surface area contributed by atoms with E-state index in [4.69, 9.17) is 16.6 Å². The molecule has 0 radical (unpaired) electrons. The molecule has 20 heavy (non-hydrogen) atoms. The summed E-state index contributed by atoms with van der Waals surface area (Å²) in [7, 11) is 0. The number of nitrogens with zero attached hydrogens (tertiary/aromatic N) is 2. The summed E-state index contributed by atoms with van der Waals surface area (Å²) < 4.78 is 0. The van der Waals surface area contributed by atoms with Crippen molar-refractivity contribution in [1.29, 1.82) is 0 Å². The predicted molar refractivity (Wildman–Crippen MR) is 86.2 cm³/mol. The molecule has 3 aromatic heterocycles. The van der Waals surface area contributed by atoms with Crippen LogP contribution in [0.1, 0.15) is 34.0 Å². The summed E-state index contributed by atoms with van der Waals surface area (Å²) in [4.78, 5) is 13.1. The fraction of sp³-hybridized carbons (Fsp3) is 0.333. The zero-order valence-corrected chi connectivity index (χ0v) is 13.2. The van der Waals surface area contributed by atoms with Crippen molar-refractivity contribution in [3.63, 3.8) is 0 Å². The van der Waals surface area contributed by atoms with Crippen molar-refractivity contribution in [1.82, 2.24) is 9.97 Å². The maximum Gasteiger partial charge on any atom is 0.141 e. The monoisotopic (exact) mass is 320 g/mol. The van der Waals surface area contributed by atoms with Crippen LogP contribution in [0, 0.1) is 0 Å². The van der Waals surface area contributed by atoms with Crippen LogP contribution in [0.25, 0.3) is 10.2 Å². The number of fused-ring (bicyclic) bond motifs is 3. The van der Waals surface area contributed by atoms with E-state index < -0.39 is 0 Å². The van der Waals surface area contributed by atoms with Gasteiger partial charge in [-0.2, -0.15) is 0 Å². The van der Waals surface area contributed by atoms with E-state index in [2.05, 4.69) is 22.5 Å². The Hall–Kier alpha value is -0.970. The Kier molecular flexibility index (Phi) is 3.25. The maximum absolute atomic E-state index is 6.44. The summed E-state index contributed by atoms with van der Waals surface area (Å²) in [6.45, 7) is 0. The molecule has 0 spiro atoms. The first-order valence-electron chi connectivity index (χ1n) is 6.80. The molecule has 3 heterocycles. The van der Waals surface area contributed by atoms with E-state index in [1.807, 2.05) is 11.3 Å². The molecule has 102 valence electrons. The van der Waals surface area contributed by atoms with Crippen molar-refractivity contribution in [2.24, 2.45) is 0 Å². The highest BCUT2D eigenvalue weighted by Gasteiger charge is 2.20. The third kappa shape index (κ3) is 2.16. The fourth-order valence-electron chi connectivity index (χ4n) is 2.80. The number of thiophene rings is 2. The van der Waals surface area contributed by atoms with Crippen LogP contribution in [0.2, 0.25) is 5.15 Å². The summed E-state index contributed by atoms with van der Waals surface area (Å²) in [5.74, 6) is 0.837. The Labute approximate surface area is 130 Å². The predicted octanol–water partition coefficient (Wildman–Crippen LogP) is 4.88. The van der Waals surface area contributed by atoms with E-state index in [9.17, 15) is 0 Å². The Morgan fingerprint density at radius 2 is 2.10 bits per heavy atom. The molecule has 1 aliphatic rings. The number of rotatable bonds is 2. The van der Waals surface area contributed by atoms with Crippen molar-refractivity contribution in [2.45, 2.75) is 32.1 Å². The SMILES string of the molecule is Clc1nc(Cc2cccs2)nc2sc3c(c12)CCCC3. The number of aryl methyl sites for hydroxylation is 2. The maximum atomic E-state index is 6.44. The van der Waals surface area contributed by atoms with E-state index in [-0.39, 0.29) is 0 Å². The molecule has 0 aromatic carbocycles. The molecular formula is C15H13ClN2S2. The summed E-state index contributed by atoms with van der Waals surface area (Å²) >= 11 is 9.98. The van der Waals surface area contributed by atoms with Gasteiger partial charge in [0.15, 0.2) is 0 Å². The molecule has 2 nitrogen and oxygen atoms in total. The topological polar surface area (TPSA) is 25.8 Å². The van der Waals surface area contributed by atoms with Crippen LogP contribution < -0.4 is 0 Å². The third-order valence-electron chi connectivity index (χ3n) is 3.73. The lowest BCUT2D eigenvalue weighted by molar-refractivity contribution is 0.700. The van der Waals surface area contributed by atoms with Crippen LogP contribution in [-0.4, -0.2) is 9.97 Å². The highest BCUT2D eigenvalue weighted by molar-refractivity contribution is 7.19. The van der Waals surface area contributed by atoms with Crippen molar-refractivity contribution < 1.29 is 0 Å². The van der Waals surface area contributed by atoms with E-state index in [1.54, 1.807) is 11.3 Å². The molecule has 4 rings (SSSR count). The summed E-state index contributed by atoms with van der Waals surface area (Å²) in [6, 6.07) is 4.18. The normalized spacial score (nSPS) is 14.7. The highest BCUT2D eigenvalue weighted by atomic mass is 35.5. The van der Waals surface area contributed by atoms with E-state index >= 15 is 0 Å². The van der Waals surface area contributed by atoms with E-state index in [0.717, 1.165) is 28.9 Å². The van der Waals surface area contributed by atoms with E-state index in [1.165, 1.54) is 34.6 Å². The molecule has 0 unspecified atom stereocenters. The second-order valence-electron chi connectivity index (χ2n) is 5.08. The second kappa shape index (κ2) is 5.10. The molecule has 0 N–H and O–H groups in total. The molecule has 0 atom stereocenters. The summed E-state index contributed by atoms with van der Waals surface area (Å²) in [5, 5.41) is 3.83. The van der Waals surface area contributed by atoms with Gasteiger partial charge in [-0.1, -0.05) is 17.7 Å². The number of aromatic nitrogens is 2. The smallest absolute Gasteiger partial charge is 0.141 e. The second-order valence-corrected chi connectivity index (χ2v) is 7.55. The van der Waals surface area contributed by atoms with Crippen molar-refractivity contribution in [2.75, 3.05) is 0 Å². The molecule has 5 heteroatoms. The fourth-order valence-corrected chi connectivity index (χ4v) is 5.14. The third-order valence-corrected chi connectivity index (χ3v) is 6.06. The summed E-state index contributed by atoms with van der Waals surface area (Å²) in [5.41, 5.74) is 1.41. The average Bonchev–Trinajstić information content (AvgIpc) is 3.05. The summed E-state index contributed by atoms with van der Waals surface area (Å²) in [6.07, 6.45) is 5.62. The van der Waals surface area contributed by atoms with Crippen LogP contribution in [0.5, 0.6) is 0 Å². The van der Waals surface area contributed by atoms with Gasteiger partial charge in [0.25, 0.3) is 0 Å². The molecule has 0 aliphatic heterocycles. The van der Waals surface area contributed by atoms with Gasteiger partial charge in [-0.15, -0.1) is 22.7 Å². The van der Waals surface area contributed by atoms with Crippen LogP contribution in [0.3, 0.4) is 0 Å². The Morgan fingerprint density at radius 1 is 1.20 bits per heavy atom. The van der Waals surface area contributed by atoms with Gasteiger partial charge in [0, 0.05) is 16.2 Å². The first-order valence-corrected chi connectivity index (χ1v) is 8.88. The lowest BCUT2D eigenvalue weighted by Gasteiger charge is -2.10. The highest BCUT2D eigenvalue weighted by Crippen LogP contribution is 2.38. The van der Waals surface area contributed by atoms with Crippen LogP contribution in [-0.2, 0) is 19.3 Å². The average molecular weight is 321 g/mol. The molecular weight excluding hydrogens is 308 g/mol. The first-order chi connectivity index (χ1) is 9.81. The Bertz CT molecular complexity index is 762. The number of halogens is 1. The number of hydrogen-bond acceptors (Lipinski definition) is 4. The standard InChI is InChI=1S/C15H13ClN2S2/c16-14-13-10-5-1-2-6-11(10)20-15(13)18-12(17-14)8-9-4-3-7-19-9/h3-4,7H,1-2,5-6,8H2. The van der Waals surface area contributed by atoms with Gasteiger partial charge in [-0.25, -0.2) is 9.97 Å². The van der Waals surface area contributed by atoms with Crippen LogP contribution in [0.15, 0.2) is 17.5 Å². The van der Waals surface area contributed by atoms with Crippen molar-refractivity contribution in [3.8, 4) is 0 Å². The molecule has 0 amide bonds. The molecule has 0 bridgehead atoms.